The average Bonchev–Trinajstić information content (AvgIpc) is 2.36. The molecule has 0 aliphatic rings. The van der Waals surface area contributed by atoms with Crippen LogP contribution in [0.2, 0.25) is 0 Å². The van der Waals surface area contributed by atoms with E-state index in [0.717, 1.165) is 5.69 Å². The summed E-state index contributed by atoms with van der Waals surface area (Å²) in [7, 11) is 0.383. The van der Waals surface area contributed by atoms with Crippen LogP contribution in [0, 0.1) is 5.92 Å². The second kappa shape index (κ2) is 6.17. The zero-order chi connectivity index (χ0) is 13.8. The predicted molar refractivity (Wildman–Crippen MR) is 74.2 cm³/mol. The Labute approximate surface area is 109 Å². The van der Waals surface area contributed by atoms with Crippen molar-refractivity contribution in [3.63, 3.8) is 0 Å². The van der Waals surface area contributed by atoms with Crippen LogP contribution in [0.5, 0.6) is 0 Å². The number of hydrogen-bond acceptors (Lipinski definition) is 4. The van der Waals surface area contributed by atoms with Crippen molar-refractivity contribution in [1.29, 1.82) is 0 Å². The van der Waals surface area contributed by atoms with E-state index in [0.29, 0.717) is 13.1 Å². The lowest BCUT2D eigenvalue weighted by molar-refractivity contribution is 0.545. The van der Waals surface area contributed by atoms with Gasteiger partial charge in [-0.3, -0.25) is 0 Å². The summed E-state index contributed by atoms with van der Waals surface area (Å²) in [5, 5.41) is 0. The van der Waals surface area contributed by atoms with Crippen LogP contribution in [0.15, 0.2) is 29.2 Å². The highest BCUT2D eigenvalue weighted by Crippen LogP contribution is 2.15. The Hall–Kier alpha value is -1.11. The standard InChI is InChI=1S/C12H21N3O2S/c1-10(8-13)9-14-18(16,17)12-6-4-11(5-7-12)15(2)3/h4-7,10,14H,8-9,13H2,1-3H3. The number of rotatable bonds is 6. The number of benzene rings is 1. The summed E-state index contributed by atoms with van der Waals surface area (Å²) in [6.07, 6.45) is 0. The first-order chi connectivity index (χ1) is 8.36. The molecule has 18 heavy (non-hydrogen) atoms. The summed E-state index contributed by atoms with van der Waals surface area (Å²) >= 11 is 0. The minimum absolute atomic E-state index is 0.126. The quantitative estimate of drug-likeness (QED) is 0.795. The molecule has 1 atom stereocenters. The van der Waals surface area contributed by atoms with E-state index in [2.05, 4.69) is 4.72 Å². The van der Waals surface area contributed by atoms with E-state index in [9.17, 15) is 8.42 Å². The Kier molecular flexibility index (Phi) is 5.13. The molecule has 0 amide bonds. The molecule has 0 saturated heterocycles. The van der Waals surface area contributed by atoms with E-state index in [4.69, 9.17) is 5.73 Å². The largest absolute Gasteiger partial charge is 0.378 e. The summed E-state index contributed by atoms with van der Waals surface area (Å²) in [4.78, 5) is 2.19. The third-order valence-electron chi connectivity index (χ3n) is 2.69. The Morgan fingerprint density at radius 1 is 1.28 bits per heavy atom. The molecule has 102 valence electrons. The fourth-order valence-corrected chi connectivity index (χ4v) is 2.51. The minimum atomic E-state index is -3.43. The molecular formula is C12H21N3O2S. The predicted octanol–water partition coefficient (Wildman–Crippen LogP) is 0.626. The number of anilines is 1. The second-order valence-electron chi connectivity index (χ2n) is 4.58. The molecule has 0 bridgehead atoms. The molecule has 0 spiro atoms. The fourth-order valence-electron chi connectivity index (χ4n) is 1.34. The van der Waals surface area contributed by atoms with Crippen LogP contribution in [-0.2, 0) is 10.0 Å². The first-order valence-electron chi connectivity index (χ1n) is 5.84. The van der Waals surface area contributed by atoms with Crippen molar-refractivity contribution < 1.29 is 8.42 Å². The maximum Gasteiger partial charge on any atom is 0.240 e. The number of nitrogens with two attached hydrogens (primary N) is 1. The summed E-state index contributed by atoms with van der Waals surface area (Å²) in [5.74, 6) is 0.126. The van der Waals surface area contributed by atoms with Gasteiger partial charge >= 0.3 is 0 Å². The molecule has 1 unspecified atom stereocenters. The molecule has 5 nitrogen and oxygen atoms in total. The third-order valence-corrected chi connectivity index (χ3v) is 4.13. The molecule has 1 aromatic carbocycles. The minimum Gasteiger partial charge on any atom is -0.378 e. The average molecular weight is 271 g/mol. The molecule has 1 aromatic rings. The van der Waals surface area contributed by atoms with Crippen LogP contribution in [0.4, 0.5) is 5.69 Å². The zero-order valence-corrected chi connectivity index (χ0v) is 11.9. The third kappa shape index (κ3) is 3.97. The van der Waals surface area contributed by atoms with E-state index in [1.807, 2.05) is 25.9 Å². The number of nitrogens with one attached hydrogen (secondary N) is 1. The van der Waals surface area contributed by atoms with Gasteiger partial charge in [-0.25, -0.2) is 13.1 Å². The normalized spacial score (nSPS) is 13.3. The van der Waals surface area contributed by atoms with Crippen LogP contribution in [0.25, 0.3) is 0 Å². The molecule has 3 N–H and O–H groups in total. The SMILES string of the molecule is CC(CN)CNS(=O)(=O)c1ccc(N(C)C)cc1. The lowest BCUT2D eigenvalue weighted by atomic mass is 10.2. The van der Waals surface area contributed by atoms with Crippen molar-refractivity contribution >= 4 is 15.7 Å². The van der Waals surface area contributed by atoms with E-state index in [-0.39, 0.29) is 10.8 Å². The van der Waals surface area contributed by atoms with E-state index >= 15 is 0 Å². The van der Waals surface area contributed by atoms with Crippen molar-refractivity contribution in [3.05, 3.63) is 24.3 Å². The summed E-state index contributed by atoms with van der Waals surface area (Å²) in [6.45, 7) is 2.72. The maximum atomic E-state index is 12.0. The Morgan fingerprint density at radius 3 is 2.28 bits per heavy atom. The fraction of sp³-hybridized carbons (Fsp3) is 0.500. The summed E-state index contributed by atoms with van der Waals surface area (Å²) in [5.41, 5.74) is 6.42. The van der Waals surface area contributed by atoms with Gasteiger partial charge in [-0.2, -0.15) is 0 Å². The number of nitrogens with zero attached hydrogens (tertiary/aromatic N) is 1. The Bertz CT molecular complexity index is 469. The van der Waals surface area contributed by atoms with Crippen LogP contribution in [-0.4, -0.2) is 35.6 Å². The van der Waals surface area contributed by atoms with Gasteiger partial charge < -0.3 is 10.6 Å². The van der Waals surface area contributed by atoms with E-state index in [1.54, 1.807) is 24.3 Å². The molecule has 1 rings (SSSR count). The molecule has 0 aromatic heterocycles. The monoisotopic (exact) mass is 271 g/mol. The van der Waals surface area contributed by atoms with Gasteiger partial charge in [0.25, 0.3) is 0 Å². The molecule has 0 fully saturated rings. The molecular weight excluding hydrogens is 250 g/mol. The molecule has 6 heteroatoms. The van der Waals surface area contributed by atoms with Gasteiger partial charge in [-0.15, -0.1) is 0 Å². The molecule has 0 radical (unpaired) electrons. The van der Waals surface area contributed by atoms with Crippen molar-refractivity contribution in [2.24, 2.45) is 11.7 Å². The Morgan fingerprint density at radius 2 is 1.83 bits per heavy atom. The van der Waals surface area contributed by atoms with Crippen LogP contribution < -0.4 is 15.4 Å². The van der Waals surface area contributed by atoms with Gasteiger partial charge in [-0.1, -0.05) is 6.92 Å². The van der Waals surface area contributed by atoms with Gasteiger partial charge in [0.1, 0.15) is 0 Å². The van der Waals surface area contributed by atoms with E-state index in [1.165, 1.54) is 0 Å². The van der Waals surface area contributed by atoms with E-state index < -0.39 is 10.0 Å². The molecule has 0 aliphatic carbocycles. The van der Waals surface area contributed by atoms with Crippen molar-refractivity contribution in [3.8, 4) is 0 Å². The van der Waals surface area contributed by atoms with Gasteiger partial charge in [0.15, 0.2) is 0 Å². The van der Waals surface area contributed by atoms with Crippen molar-refractivity contribution in [1.82, 2.24) is 4.72 Å². The number of hydrogen-bond donors (Lipinski definition) is 2. The molecule has 0 saturated carbocycles. The topological polar surface area (TPSA) is 75.4 Å². The first-order valence-corrected chi connectivity index (χ1v) is 7.32. The van der Waals surface area contributed by atoms with Gasteiger partial charge in [0.2, 0.25) is 10.0 Å². The highest BCUT2D eigenvalue weighted by atomic mass is 32.2. The van der Waals surface area contributed by atoms with Gasteiger partial charge in [0, 0.05) is 26.3 Å². The summed E-state index contributed by atoms with van der Waals surface area (Å²) in [6, 6.07) is 6.76. The Balaban J connectivity index is 2.79. The van der Waals surface area contributed by atoms with Crippen LogP contribution in [0.1, 0.15) is 6.92 Å². The number of sulfonamides is 1. The summed E-state index contributed by atoms with van der Waals surface area (Å²) < 4.78 is 26.5. The van der Waals surface area contributed by atoms with Gasteiger partial charge in [-0.05, 0) is 36.7 Å². The van der Waals surface area contributed by atoms with Crippen molar-refractivity contribution in [2.45, 2.75) is 11.8 Å². The van der Waals surface area contributed by atoms with Crippen molar-refractivity contribution in [2.75, 3.05) is 32.1 Å². The first kappa shape index (κ1) is 14.9. The molecule has 0 aliphatic heterocycles. The zero-order valence-electron chi connectivity index (χ0n) is 11.1. The highest BCUT2D eigenvalue weighted by molar-refractivity contribution is 7.89. The van der Waals surface area contributed by atoms with Crippen LogP contribution in [0.3, 0.4) is 0 Å². The van der Waals surface area contributed by atoms with Gasteiger partial charge in [0.05, 0.1) is 4.90 Å². The lowest BCUT2D eigenvalue weighted by Crippen LogP contribution is -2.31. The van der Waals surface area contributed by atoms with Crippen LogP contribution >= 0.6 is 0 Å². The highest BCUT2D eigenvalue weighted by Gasteiger charge is 2.14. The molecule has 0 heterocycles. The lowest BCUT2D eigenvalue weighted by Gasteiger charge is -2.14. The maximum absolute atomic E-state index is 12.0. The second-order valence-corrected chi connectivity index (χ2v) is 6.35. The smallest absolute Gasteiger partial charge is 0.240 e.